The van der Waals surface area contributed by atoms with Crippen LogP contribution in [0.2, 0.25) is 6.04 Å². The van der Waals surface area contributed by atoms with E-state index in [-0.39, 0.29) is 0 Å². The zero-order valence-electron chi connectivity index (χ0n) is 21.1. The standard InChI is InChI=1S/C27H43NO3SSi/c1-5-9-10-11-15-23-32-27(21-16-20-26-18-13-12-14-19-26)25-28-22-17-24-33(29-6-2,30-7-3)31-8-4/h12-14,18-19,21,25H,5-11,15,17,22-24H2,1-4H3/b27-21-,28-25?. The Labute approximate surface area is 208 Å². The molecule has 0 heterocycles. The Bertz CT molecular complexity index is 711. The summed E-state index contributed by atoms with van der Waals surface area (Å²) in [6.45, 7) is 10.8. The van der Waals surface area contributed by atoms with E-state index < -0.39 is 8.80 Å². The van der Waals surface area contributed by atoms with Crippen molar-refractivity contribution in [3.63, 3.8) is 0 Å². The van der Waals surface area contributed by atoms with E-state index in [1.54, 1.807) is 0 Å². The molecule has 0 aromatic heterocycles. The summed E-state index contributed by atoms with van der Waals surface area (Å²) in [7, 11) is -2.58. The number of hydrogen-bond donors (Lipinski definition) is 0. The van der Waals surface area contributed by atoms with Crippen molar-refractivity contribution in [3.05, 3.63) is 46.9 Å². The van der Waals surface area contributed by atoms with E-state index in [4.69, 9.17) is 13.3 Å². The number of aliphatic imine (C=N–C) groups is 1. The molecule has 0 spiro atoms. The summed E-state index contributed by atoms with van der Waals surface area (Å²) in [6, 6.07) is 10.9. The van der Waals surface area contributed by atoms with E-state index in [9.17, 15) is 0 Å². The Balaban J connectivity index is 2.66. The van der Waals surface area contributed by atoms with Gasteiger partial charge in [0.2, 0.25) is 0 Å². The molecule has 0 unspecified atom stereocenters. The van der Waals surface area contributed by atoms with Gasteiger partial charge in [-0.1, -0.05) is 62.6 Å². The van der Waals surface area contributed by atoms with Crippen LogP contribution in [0.25, 0.3) is 0 Å². The van der Waals surface area contributed by atoms with Crippen LogP contribution in [0, 0.1) is 11.8 Å². The van der Waals surface area contributed by atoms with E-state index in [2.05, 4.69) is 23.8 Å². The van der Waals surface area contributed by atoms with Crippen molar-refractivity contribution < 1.29 is 13.3 Å². The van der Waals surface area contributed by atoms with Gasteiger partial charge in [-0.05, 0) is 51.5 Å². The number of unbranched alkanes of at least 4 members (excludes halogenated alkanes) is 4. The number of nitrogens with zero attached hydrogens (tertiary/aromatic N) is 1. The van der Waals surface area contributed by atoms with Crippen molar-refractivity contribution in [1.82, 2.24) is 0 Å². The summed E-state index contributed by atoms with van der Waals surface area (Å²) in [5.74, 6) is 7.51. The molecule has 0 saturated heterocycles. The summed E-state index contributed by atoms with van der Waals surface area (Å²) in [4.78, 5) is 5.80. The van der Waals surface area contributed by atoms with Gasteiger partial charge in [0.15, 0.2) is 0 Å². The van der Waals surface area contributed by atoms with Crippen LogP contribution in [0.15, 0.2) is 46.3 Å². The molecule has 0 N–H and O–H groups in total. The highest BCUT2D eigenvalue weighted by molar-refractivity contribution is 8.03. The molecule has 1 aromatic carbocycles. The molecule has 1 aromatic rings. The minimum Gasteiger partial charge on any atom is -0.374 e. The molecular formula is C27H43NO3SSi. The van der Waals surface area contributed by atoms with Crippen LogP contribution in [0.1, 0.15) is 71.8 Å². The molecule has 0 aliphatic carbocycles. The van der Waals surface area contributed by atoms with Crippen molar-refractivity contribution in [3.8, 4) is 11.8 Å². The zero-order valence-corrected chi connectivity index (χ0v) is 22.9. The Hall–Kier alpha value is -1.36. The van der Waals surface area contributed by atoms with Gasteiger partial charge in [0, 0.05) is 55.2 Å². The first-order valence-electron chi connectivity index (χ1n) is 12.5. The fourth-order valence-electron chi connectivity index (χ4n) is 3.27. The molecule has 1 rings (SSSR count). The lowest BCUT2D eigenvalue weighted by molar-refractivity contribution is 0.0710. The van der Waals surface area contributed by atoms with Gasteiger partial charge in [-0.15, -0.1) is 11.8 Å². The van der Waals surface area contributed by atoms with E-state index in [0.29, 0.717) is 19.8 Å². The zero-order chi connectivity index (χ0) is 24.0. The van der Waals surface area contributed by atoms with Crippen molar-refractivity contribution in [2.24, 2.45) is 4.99 Å². The predicted molar refractivity (Wildman–Crippen MR) is 146 cm³/mol. The minimum atomic E-state index is -2.58. The van der Waals surface area contributed by atoms with Crippen LogP contribution in [0.4, 0.5) is 0 Å². The van der Waals surface area contributed by atoms with Crippen molar-refractivity contribution in [2.75, 3.05) is 32.1 Å². The molecule has 0 aliphatic rings. The average molecular weight is 490 g/mol. The average Bonchev–Trinajstić information content (AvgIpc) is 2.82. The van der Waals surface area contributed by atoms with Crippen LogP contribution in [-0.4, -0.2) is 47.1 Å². The summed E-state index contributed by atoms with van der Waals surface area (Å²) in [6.07, 6.45) is 11.3. The molecule has 0 aliphatic heterocycles. The van der Waals surface area contributed by atoms with E-state index >= 15 is 0 Å². The normalized spacial score (nSPS) is 12.2. The Kier molecular flexibility index (Phi) is 18.0. The highest BCUT2D eigenvalue weighted by Crippen LogP contribution is 2.19. The summed E-state index contributed by atoms with van der Waals surface area (Å²) < 4.78 is 17.8. The lowest BCUT2D eigenvalue weighted by Gasteiger charge is -2.28. The molecular weight excluding hydrogens is 446 g/mol. The van der Waals surface area contributed by atoms with Gasteiger partial charge in [-0.3, -0.25) is 4.99 Å². The molecule has 4 nitrogen and oxygen atoms in total. The van der Waals surface area contributed by atoms with Gasteiger partial charge in [-0.2, -0.15) is 0 Å². The van der Waals surface area contributed by atoms with Crippen LogP contribution < -0.4 is 0 Å². The SMILES string of the molecule is CCCCCCCS/C(C=NCCC[Si](OCC)(OCC)OCC)=C\C#Cc1ccccc1. The predicted octanol–water partition coefficient (Wildman–Crippen LogP) is 7.13. The summed E-state index contributed by atoms with van der Waals surface area (Å²) in [5.41, 5.74) is 1.03. The first kappa shape index (κ1) is 29.7. The molecule has 0 fully saturated rings. The third-order valence-electron chi connectivity index (χ3n) is 4.80. The number of benzene rings is 1. The first-order valence-corrected chi connectivity index (χ1v) is 15.4. The highest BCUT2D eigenvalue weighted by Gasteiger charge is 2.39. The monoisotopic (exact) mass is 489 g/mol. The van der Waals surface area contributed by atoms with Crippen molar-refractivity contribution in [1.29, 1.82) is 0 Å². The Morgan fingerprint density at radius 2 is 1.58 bits per heavy atom. The minimum absolute atomic E-state index is 0.608. The smallest absolute Gasteiger partial charge is 0.374 e. The van der Waals surface area contributed by atoms with Gasteiger partial charge in [0.25, 0.3) is 0 Å². The number of allylic oxidation sites excluding steroid dienone is 2. The Morgan fingerprint density at radius 1 is 0.909 bits per heavy atom. The highest BCUT2D eigenvalue weighted by atomic mass is 32.2. The second kappa shape index (κ2) is 20.0. The maximum Gasteiger partial charge on any atom is 0.500 e. The lowest BCUT2D eigenvalue weighted by Crippen LogP contribution is -2.46. The van der Waals surface area contributed by atoms with Crippen LogP contribution >= 0.6 is 11.8 Å². The number of rotatable bonds is 18. The van der Waals surface area contributed by atoms with Crippen LogP contribution in [0.5, 0.6) is 0 Å². The number of thioether (sulfide) groups is 1. The van der Waals surface area contributed by atoms with Crippen LogP contribution in [0.3, 0.4) is 0 Å². The third-order valence-corrected chi connectivity index (χ3v) is 9.00. The van der Waals surface area contributed by atoms with Crippen molar-refractivity contribution >= 4 is 26.8 Å². The van der Waals surface area contributed by atoms with Crippen LogP contribution in [-0.2, 0) is 13.3 Å². The van der Waals surface area contributed by atoms with E-state index in [0.717, 1.165) is 35.2 Å². The molecule has 33 heavy (non-hydrogen) atoms. The molecule has 0 saturated carbocycles. The van der Waals surface area contributed by atoms with Gasteiger partial charge < -0.3 is 13.3 Å². The second-order valence-corrected chi connectivity index (χ2v) is 11.5. The summed E-state index contributed by atoms with van der Waals surface area (Å²) >= 11 is 1.85. The molecule has 0 bridgehead atoms. The lowest BCUT2D eigenvalue weighted by atomic mass is 10.2. The maximum absolute atomic E-state index is 5.94. The molecule has 0 amide bonds. The Morgan fingerprint density at radius 3 is 2.21 bits per heavy atom. The molecule has 184 valence electrons. The number of hydrogen-bond acceptors (Lipinski definition) is 5. The maximum atomic E-state index is 5.94. The second-order valence-electron chi connectivity index (χ2n) is 7.57. The topological polar surface area (TPSA) is 40.0 Å². The fourth-order valence-corrected chi connectivity index (χ4v) is 6.74. The molecule has 0 atom stereocenters. The van der Waals surface area contributed by atoms with E-state index in [1.807, 2.05) is 75.2 Å². The van der Waals surface area contributed by atoms with Gasteiger partial charge in [0.1, 0.15) is 0 Å². The molecule has 0 radical (unpaired) electrons. The van der Waals surface area contributed by atoms with Crippen molar-refractivity contribution in [2.45, 2.75) is 72.3 Å². The first-order chi connectivity index (χ1) is 16.2. The van der Waals surface area contributed by atoms with Gasteiger partial charge in [-0.25, -0.2) is 0 Å². The largest absolute Gasteiger partial charge is 0.500 e. The molecule has 6 heteroatoms. The quantitative estimate of drug-likeness (QED) is 0.0951. The van der Waals surface area contributed by atoms with Gasteiger partial charge in [0.05, 0.1) is 0 Å². The third kappa shape index (κ3) is 14.5. The van der Waals surface area contributed by atoms with Gasteiger partial charge >= 0.3 is 8.80 Å². The fraction of sp³-hybridized carbons (Fsp3) is 0.593. The van der Waals surface area contributed by atoms with E-state index in [1.165, 1.54) is 32.1 Å². The summed E-state index contributed by atoms with van der Waals surface area (Å²) in [5, 5.41) is 0.